The molecule has 116 valence electrons. The quantitative estimate of drug-likeness (QED) is 0.622. The van der Waals surface area contributed by atoms with Gasteiger partial charge in [-0.1, -0.05) is 0 Å². The van der Waals surface area contributed by atoms with E-state index in [2.05, 4.69) is 4.99 Å². The van der Waals surface area contributed by atoms with Gasteiger partial charge in [0.05, 0.1) is 10.2 Å². The van der Waals surface area contributed by atoms with E-state index >= 15 is 0 Å². The molecule has 0 spiro atoms. The molecule has 8 heteroatoms. The van der Waals surface area contributed by atoms with E-state index in [1.165, 1.54) is 15.9 Å². The van der Waals surface area contributed by atoms with Gasteiger partial charge in [0.2, 0.25) is 12.7 Å². The van der Waals surface area contributed by atoms with Crippen LogP contribution in [0.25, 0.3) is 12.2 Å². The molecule has 2 aromatic rings. The standard InChI is InChI=1S/C15H10N2O4S2/c1-17-14(19)12(23-15(17)22)4-8-2-7-3-10-11(21-6-20-10)5-9(7)16-13(8)18/h2-5,19H,6H2,1H3. The number of nitrogens with zero attached hydrogens (tertiary/aromatic N) is 2. The van der Waals surface area contributed by atoms with Crippen LogP contribution in [0.5, 0.6) is 17.4 Å². The first-order chi connectivity index (χ1) is 11.0. The number of carbonyl (C=O) groups is 1. The van der Waals surface area contributed by atoms with Crippen LogP contribution in [0.15, 0.2) is 22.7 Å². The molecule has 1 amide bonds. The zero-order valence-corrected chi connectivity index (χ0v) is 13.5. The maximum atomic E-state index is 12.2. The number of aromatic nitrogens is 1. The molecule has 3 heterocycles. The van der Waals surface area contributed by atoms with Gasteiger partial charge in [0.1, 0.15) is 0 Å². The molecule has 0 saturated heterocycles. The number of hydrogen-bond donors (Lipinski definition) is 1. The number of carbonyl (C=O) groups excluding carboxylic acids is 1. The summed E-state index contributed by atoms with van der Waals surface area (Å²) in [6.45, 7) is 0.163. The third-order valence-corrected chi connectivity index (χ3v) is 5.09. The van der Waals surface area contributed by atoms with Crippen molar-refractivity contribution in [1.29, 1.82) is 0 Å². The van der Waals surface area contributed by atoms with Gasteiger partial charge < -0.3 is 14.6 Å². The van der Waals surface area contributed by atoms with Crippen molar-refractivity contribution in [1.82, 2.24) is 4.57 Å². The van der Waals surface area contributed by atoms with Crippen molar-refractivity contribution in [2.75, 3.05) is 6.79 Å². The van der Waals surface area contributed by atoms with Crippen LogP contribution in [0.2, 0.25) is 0 Å². The first kappa shape index (κ1) is 14.2. The van der Waals surface area contributed by atoms with Gasteiger partial charge in [-0.25, -0.2) is 4.99 Å². The first-order valence-corrected chi connectivity index (χ1v) is 7.90. The molecule has 1 N–H and O–H groups in total. The fourth-order valence-electron chi connectivity index (χ4n) is 2.36. The second-order valence-corrected chi connectivity index (χ2v) is 6.72. The Morgan fingerprint density at radius 2 is 2.13 bits per heavy atom. The smallest absolute Gasteiger partial charge is 0.277 e. The molecular weight excluding hydrogens is 336 g/mol. The van der Waals surface area contributed by atoms with E-state index < -0.39 is 0 Å². The molecule has 0 atom stereocenters. The van der Waals surface area contributed by atoms with Crippen LogP contribution in [0.4, 0.5) is 0 Å². The third kappa shape index (κ3) is 2.27. The van der Waals surface area contributed by atoms with E-state index in [0.29, 0.717) is 31.3 Å². The first-order valence-electron chi connectivity index (χ1n) is 6.68. The molecule has 6 nitrogen and oxygen atoms in total. The molecule has 2 aliphatic rings. The average molecular weight is 346 g/mol. The lowest BCUT2D eigenvalue weighted by Gasteiger charge is -2.04. The maximum absolute atomic E-state index is 12.2. The highest BCUT2D eigenvalue weighted by Crippen LogP contribution is 2.30. The Bertz CT molecular complexity index is 1060. The summed E-state index contributed by atoms with van der Waals surface area (Å²) in [6.07, 6.45) is 3.31. The molecule has 0 bridgehead atoms. The second-order valence-electron chi connectivity index (χ2n) is 5.04. The van der Waals surface area contributed by atoms with E-state index in [1.807, 2.05) is 0 Å². The van der Waals surface area contributed by atoms with Crippen LogP contribution in [0.3, 0.4) is 0 Å². The van der Waals surface area contributed by atoms with Crippen molar-refractivity contribution in [2.24, 2.45) is 12.0 Å². The molecule has 1 aromatic carbocycles. The van der Waals surface area contributed by atoms with Crippen LogP contribution in [-0.4, -0.2) is 22.4 Å². The van der Waals surface area contributed by atoms with Gasteiger partial charge >= 0.3 is 0 Å². The van der Waals surface area contributed by atoms with E-state index in [4.69, 9.17) is 21.7 Å². The third-order valence-electron chi connectivity index (χ3n) is 3.60. The minimum absolute atomic E-state index is 0.0326. The summed E-state index contributed by atoms with van der Waals surface area (Å²) < 4.78 is 12.6. The second kappa shape index (κ2) is 5.04. The van der Waals surface area contributed by atoms with E-state index in [0.717, 1.165) is 5.22 Å². The highest BCUT2D eigenvalue weighted by molar-refractivity contribution is 7.73. The van der Waals surface area contributed by atoms with Gasteiger partial charge in [-0.3, -0.25) is 9.36 Å². The number of amides is 1. The monoisotopic (exact) mass is 346 g/mol. The predicted octanol–water partition coefficient (Wildman–Crippen LogP) is 1.27. The van der Waals surface area contributed by atoms with Crippen LogP contribution >= 0.6 is 23.6 Å². The minimum atomic E-state index is -0.377. The number of fused-ring (bicyclic) bond motifs is 2. The van der Waals surface area contributed by atoms with Crippen LogP contribution in [-0.2, 0) is 11.8 Å². The summed E-state index contributed by atoms with van der Waals surface area (Å²) >= 11 is 6.35. The zero-order valence-electron chi connectivity index (χ0n) is 11.9. The van der Waals surface area contributed by atoms with Crippen molar-refractivity contribution in [2.45, 2.75) is 0 Å². The largest absolute Gasteiger partial charge is 0.493 e. The Hall–Kier alpha value is -2.45. The number of hydrogen-bond acceptors (Lipinski definition) is 6. The van der Waals surface area contributed by atoms with E-state index in [1.54, 1.807) is 31.3 Å². The van der Waals surface area contributed by atoms with Gasteiger partial charge in [-0.05, 0) is 30.4 Å². The lowest BCUT2D eigenvalue weighted by Crippen LogP contribution is -2.30. The summed E-state index contributed by atoms with van der Waals surface area (Å²) in [5, 5.41) is 11.3. The molecule has 4 rings (SSSR count). The molecule has 0 fully saturated rings. The van der Waals surface area contributed by atoms with Crippen molar-refractivity contribution < 1.29 is 19.4 Å². The topological polar surface area (TPSA) is 73.0 Å². The molecule has 0 saturated carbocycles. The Kier molecular flexibility index (Phi) is 3.10. The van der Waals surface area contributed by atoms with Crippen molar-refractivity contribution >= 4 is 41.6 Å². The highest BCUT2D eigenvalue weighted by Gasteiger charge is 2.18. The lowest BCUT2D eigenvalue weighted by molar-refractivity contribution is -0.114. The molecule has 2 aliphatic heterocycles. The van der Waals surface area contributed by atoms with Gasteiger partial charge in [-0.15, -0.1) is 11.3 Å². The molecule has 1 aromatic heterocycles. The van der Waals surface area contributed by atoms with E-state index in [-0.39, 0.29) is 18.6 Å². The minimum Gasteiger partial charge on any atom is -0.493 e. The normalized spacial score (nSPS) is 16.9. The fourth-order valence-corrected chi connectivity index (χ4v) is 3.54. The Labute approximate surface area is 139 Å². The van der Waals surface area contributed by atoms with E-state index in [9.17, 15) is 9.90 Å². The summed E-state index contributed by atoms with van der Waals surface area (Å²) in [7, 11) is 1.67. The van der Waals surface area contributed by atoms with Crippen LogP contribution < -0.4 is 20.0 Å². The number of aromatic hydroxyl groups is 1. The van der Waals surface area contributed by atoms with Crippen LogP contribution in [0.1, 0.15) is 4.88 Å². The summed E-state index contributed by atoms with van der Waals surface area (Å²) in [5.41, 5.74) is 0.378. The maximum Gasteiger partial charge on any atom is 0.277 e. The number of benzene rings is 1. The molecule has 0 unspecified atom stereocenters. The number of rotatable bonds is 1. The average Bonchev–Trinajstić information content (AvgIpc) is 3.06. The zero-order chi connectivity index (χ0) is 16.1. The van der Waals surface area contributed by atoms with Gasteiger partial charge in [0, 0.05) is 23.9 Å². The summed E-state index contributed by atoms with van der Waals surface area (Å²) in [6, 6.07) is 3.47. The lowest BCUT2D eigenvalue weighted by atomic mass is 10.1. The molecular formula is C15H10N2O4S2. The van der Waals surface area contributed by atoms with Crippen molar-refractivity contribution in [3.63, 3.8) is 0 Å². The van der Waals surface area contributed by atoms with Gasteiger partial charge in [-0.2, -0.15) is 0 Å². The SMILES string of the molecule is Cn1c(O)c(C=C2C=c3cc4c(cc3=NC2=O)OCO4)sc1=S. The molecule has 23 heavy (non-hydrogen) atoms. The fraction of sp³-hybridized carbons (Fsp3) is 0.133. The Morgan fingerprint density at radius 1 is 1.39 bits per heavy atom. The Balaban J connectivity index is 1.88. The van der Waals surface area contributed by atoms with Gasteiger partial charge in [0.15, 0.2) is 15.5 Å². The summed E-state index contributed by atoms with van der Waals surface area (Å²) in [5.74, 6) is 0.866. The summed E-state index contributed by atoms with van der Waals surface area (Å²) in [4.78, 5) is 16.8. The molecule has 0 radical (unpaired) electrons. The number of ether oxygens (including phenoxy) is 2. The van der Waals surface area contributed by atoms with Gasteiger partial charge in [0.25, 0.3) is 5.91 Å². The molecule has 0 aliphatic carbocycles. The highest BCUT2D eigenvalue weighted by atomic mass is 32.1. The van der Waals surface area contributed by atoms with Crippen molar-refractivity contribution in [3.8, 4) is 17.4 Å². The number of thiazole rings is 1. The van der Waals surface area contributed by atoms with Crippen LogP contribution in [0, 0.1) is 3.95 Å². The Morgan fingerprint density at radius 3 is 2.83 bits per heavy atom. The predicted molar refractivity (Wildman–Crippen MR) is 86.6 cm³/mol. The van der Waals surface area contributed by atoms with Crippen molar-refractivity contribution in [3.05, 3.63) is 37.1 Å².